The van der Waals surface area contributed by atoms with E-state index in [0.29, 0.717) is 49.8 Å². The summed E-state index contributed by atoms with van der Waals surface area (Å²) >= 11 is 6.54. The molecule has 0 saturated carbocycles. The second-order valence-electron chi connectivity index (χ2n) is 8.84. The molecular weight excluding hydrogens is 518 g/mol. The Balaban J connectivity index is 1.47. The Morgan fingerprint density at radius 1 is 1.03 bits per heavy atom. The third-order valence-corrected chi connectivity index (χ3v) is 6.55. The number of aromatic carboxylic acids is 1. The number of carboxylic acids is 1. The lowest BCUT2D eigenvalue weighted by Crippen LogP contribution is -2.49. The summed E-state index contributed by atoms with van der Waals surface area (Å²) in [6.07, 6.45) is 1.51. The Morgan fingerprint density at radius 2 is 1.72 bits per heavy atom. The van der Waals surface area contributed by atoms with E-state index in [4.69, 9.17) is 26.2 Å². The van der Waals surface area contributed by atoms with Crippen molar-refractivity contribution >= 4 is 35.2 Å². The van der Waals surface area contributed by atoms with Crippen LogP contribution in [0, 0.1) is 11.3 Å². The Bertz CT molecular complexity index is 1390. The first-order chi connectivity index (χ1) is 18.9. The number of ether oxygens (including phenoxy) is 2. The van der Waals surface area contributed by atoms with Gasteiger partial charge in [-0.05, 0) is 60.5 Å². The summed E-state index contributed by atoms with van der Waals surface area (Å²) in [5, 5.41) is 19.1. The highest BCUT2D eigenvalue weighted by atomic mass is 35.5. The SMILES string of the molecule is CCOc1cc(C=C(C#N)C(=O)N2CCN(c3ccccc3)CC2)cc(Cl)c1OCc1ccc(C(=O)O)cc1. The molecule has 1 amide bonds. The number of benzene rings is 3. The van der Waals surface area contributed by atoms with Gasteiger partial charge >= 0.3 is 5.97 Å². The van der Waals surface area contributed by atoms with E-state index in [-0.39, 0.29) is 28.7 Å². The van der Waals surface area contributed by atoms with Crippen LogP contribution in [0.25, 0.3) is 6.08 Å². The van der Waals surface area contributed by atoms with E-state index < -0.39 is 5.97 Å². The zero-order chi connectivity index (χ0) is 27.8. The first-order valence-corrected chi connectivity index (χ1v) is 12.9. The van der Waals surface area contributed by atoms with Crippen molar-refractivity contribution in [3.8, 4) is 17.6 Å². The molecule has 1 saturated heterocycles. The van der Waals surface area contributed by atoms with Gasteiger partial charge in [0.25, 0.3) is 5.91 Å². The quantitative estimate of drug-likeness (QED) is 0.288. The Hall–Kier alpha value is -4.48. The van der Waals surface area contributed by atoms with E-state index in [1.165, 1.54) is 18.2 Å². The molecule has 4 rings (SSSR count). The highest BCUT2D eigenvalue weighted by Gasteiger charge is 2.24. The molecule has 0 aromatic heterocycles. The molecule has 39 heavy (non-hydrogen) atoms. The van der Waals surface area contributed by atoms with Gasteiger partial charge in [0, 0.05) is 31.9 Å². The predicted octanol–water partition coefficient (Wildman–Crippen LogP) is 5.27. The van der Waals surface area contributed by atoms with Crippen LogP contribution in [0.1, 0.15) is 28.4 Å². The number of hydrogen-bond acceptors (Lipinski definition) is 6. The molecule has 200 valence electrons. The lowest BCUT2D eigenvalue weighted by Gasteiger charge is -2.36. The summed E-state index contributed by atoms with van der Waals surface area (Å²) in [5.41, 5.74) is 2.60. The minimum Gasteiger partial charge on any atom is -0.490 e. The van der Waals surface area contributed by atoms with Crippen LogP contribution in [0.4, 0.5) is 5.69 Å². The van der Waals surface area contributed by atoms with Crippen LogP contribution in [0.15, 0.2) is 72.3 Å². The number of carboxylic acid groups (broad SMARTS) is 1. The molecule has 1 N–H and O–H groups in total. The summed E-state index contributed by atoms with van der Waals surface area (Å²) in [7, 11) is 0. The van der Waals surface area contributed by atoms with Gasteiger partial charge in [0.1, 0.15) is 18.2 Å². The van der Waals surface area contributed by atoms with Gasteiger partial charge in [-0.2, -0.15) is 5.26 Å². The summed E-state index contributed by atoms with van der Waals surface area (Å²) in [4.78, 5) is 28.1. The second-order valence-corrected chi connectivity index (χ2v) is 9.25. The number of rotatable bonds is 9. The Morgan fingerprint density at radius 3 is 2.33 bits per heavy atom. The first kappa shape index (κ1) is 27.6. The molecule has 1 aliphatic rings. The number of hydrogen-bond donors (Lipinski definition) is 1. The third-order valence-electron chi connectivity index (χ3n) is 6.27. The fraction of sp³-hybridized carbons (Fsp3) is 0.233. The molecule has 3 aromatic carbocycles. The number of nitriles is 1. The van der Waals surface area contributed by atoms with Crippen molar-refractivity contribution in [2.75, 3.05) is 37.7 Å². The van der Waals surface area contributed by atoms with Crippen molar-refractivity contribution in [3.63, 3.8) is 0 Å². The maximum Gasteiger partial charge on any atom is 0.335 e. The summed E-state index contributed by atoms with van der Waals surface area (Å²) in [6, 6.07) is 21.7. The van der Waals surface area contributed by atoms with Crippen molar-refractivity contribution in [2.24, 2.45) is 0 Å². The van der Waals surface area contributed by atoms with E-state index in [0.717, 1.165) is 11.3 Å². The van der Waals surface area contributed by atoms with E-state index in [1.807, 2.05) is 43.3 Å². The molecule has 8 nitrogen and oxygen atoms in total. The second kappa shape index (κ2) is 12.9. The number of para-hydroxylation sites is 1. The zero-order valence-electron chi connectivity index (χ0n) is 21.5. The van der Waals surface area contributed by atoms with Crippen molar-refractivity contribution in [1.29, 1.82) is 5.26 Å². The van der Waals surface area contributed by atoms with Crippen LogP contribution in [0.3, 0.4) is 0 Å². The van der Waals surface area contributed by atoms with Crippen molar-refractivity contribution < 1.29 is 24.2 Å². The molecule has 0 atom stereocenters. The predicted molar refractivity (Wildman–Crippen MR) is 149 cm³/mol. The molecule has 3 aromatic rings. The van der Waals surface area contributed by atoms with Crippen LogP contribution in [0.2, 0.25) is 5.02 Å². The van der Waals surface area contributed by atoms with E-state index in [1.54, 1.807) is 29.2 Å². The average Bonchev–Trinajstić information content (AvgIpc) is 2.96. The number of anilines is 1. The molecule has 1 fully saturated rings. The summed E-state index contributed by atoms with van der Waals surface area (Å²) < 4.78 is 11.7. The van der Waals surface area contributed by atoms with Crippen LogP contribution >= 0.6 is 11.6 Å². The van der Waals surface area contributed by atoms with Gasteiger partial charge in [0.15, 0.2) is 11.5 Å². The number of carbonyl (C=O) groups is 2. The molecular formula is C30H28ClN3O5. The van der Waals surface area contributed by atoms with Gasteiger partial charge in [-0.15, -0.1) is 0 Å². The number of nitrogens with zero attached hydrogens (tertiary/aromatic N) is 3. The normalized spacial score (nSPS) is 13.5. The standard InChI is InChI=1S/C30H28ClN3O5/c1-2-38-27-18-22(17-26(31)28(27)39-20-21-8-10-23(11-9-21)30(36)37)16-24(19-32)29(35)34-14-12-33(13-15-34)25-6-4-3-5-7-25/h3-11,16-18H,2,12-15,20H2,1H3,(H,36,37). The van der Waals surface area contributed by atoms with Crippen LogP contribution in [-0.2, 0) is 11.4 Å². The van der Waals surface area contributed by atoms with Gasteiger partial charge in [0.2, 0.25) is 0 Å². The van der Waals surface area contributed by atoms with Gasteiger partial charge in [-0.25, -0.2) is 4.79 Å². The summed E-state index contributed by atoms with van der Waals surface area (Å²) in [6.45, 7) is 4.70. The zero-order valence-corrected chi connectivity index (χ0v) is 22.2. The third kappa shape index (κ3) is 6.89. The van der Waals surface area contributed by atoms with Gasteiger partial charge < -0.3 is 24.4 Å². The lowest BCUT2D eigenvalue weighted by atomic mass is 10.1. The highest BCUT2D eigenvalue weighted by molar-refractivity contribution is 6.32. The number of halogens is 1. The number of piperazine rings is 1. The Labute approximate surface area is 232 Å². The van der Waals surface area contributed by atoms with Crippen LogP contribution in [0.5, 0.6) is 11.5 Å². The van der Waals surface area contributed by atoms with Gasteiger partial charge in [0.05, 0.1) is 17.2 Å². The minimum absolute atomic E-state index is 0.00821. The van der Waals surface area contributed by atoms with Crippen molar-refractivity contribution in [1.82, 2.24) is 4.90 Å². The van der Waals surface area contributed by atoms with Crippen LogP contribution < -0.4 is 14.4 Å². The minimum atomic E-state index is -1.00. The molecule has 0 radical (unpaired) electrons. The molecule has 0 unspecified atom stereocenters. The number of carbonyl (C=O) groups excluding carboxylic acids is 1. The molecule has 0 aliphatic carbocycles. The molecule has 1 heterocycles. The van der Waals surface area contributed by atoms with E-state index in [9.17, 15) is 14.9 Å². The first-order valence-electron chi connectivity index (χ1n) is 12.5. The van der Waals surface area contributed by atoms with Crippen LogP contribution in [-0.4, -0.2) is 54.7 Å². The van der Waals surface area contributed by atoms with Crippen molar-refractivity contribution in [3.05, 3.63) is 94.0 Å². The summed E-state index contributed by atoms with van der Waals surface area (Å²) in [5.74, 6) is -0.638. The molecule has 0 bridgehead atoms. The number of amides is 1. The monoisotopic (exact) mass is 545 g/mol. The van der Waals surface area contributed by atoms with E-state index in [2.05, 4.69) is 4.90 Å². The molecule has 9 heteroatoms. The maximum atomic E-state index is 13.2. The Kier molecular flexibility index (Phi) is 9.08. The lowest BCUT2D eigenvalue weighted by molar-refractivity contribution is -0.126. The van der Waals surface area contributed by atoms with E-state index >= 15 is 0 Å². The van der Waals surface area contributed by atoms with Crippen molar-refractivity contribution in [2.45, 2.75) is 13.5 Å². The molecule has 1 aliphatic heterocycles. The smallest absolute Gasteiger partial charge is 0.335 e. The average molecular weight is 546 g/mol. The maximum absolute atomic E-state index is 13.2. The highest BCUT2D eigenvalue weighted by Crippen LogP contribution is 2.38. The van der Waals surface area contributed by atoms with Gasteiger partial charge in [-0.1, -0.05) is 41.9 Å². The molecule has 0 spiro atoms. The topological polar surface area (TPSA) is 103 Å². The largest absolute Gasteiger partial charge is 0.490 e. The van der Waals surface area contributed by atoms with Gasteiger partial charge in [-0.3, -0.25) is 4.79 Å². The fourth-order valence-electron chi connectivity index (χ4n) is 4.26. The fourth-order valence-corrected chi connectivity index (χ4v) is 4.53.